The molecule has 1 fully saturated rings. The molecule has 0 aliphatic heterocycles. The lowest BCUT2D eigenvalue weighted by molar-refractivity contribution is 0.0217. The van der Waals surface area contributed by atoms with Gasteiger partial charge in [-0.1, -0.05) is 0 Å². The van der Waals surface area contributed by atoms with Gasteiger partial charge >= 0.3 is 0 Å². The zero-order chi connectivity index (χ0) is 11.6. The Hall–Kier alpha value is -1.52. The number of nitrogens with zero attached hydrogens (tertiary/aromatic N) is 2. The zero-order valence-electron chi connectivity index (χ0n) is 9.11. The van der Waals surface area contributed by atoms with Gasteiger partial charge in [0.1, 0.15) is 0 Å². The fourth-order valence-electron chi connectivity index (χ4n) is 3.34. The van der Waals surface area contributed by atoms with E-state index < -0.39 is 12.2 Å². The Morgan fingerprint density at radius 3 is 1.82 bits per heavy atom. The van der Waals surface area contributed by atoms with E-state index in [2.05, 4.69) is 9.97 Å². The van der Waals surface area contributed by atoms with E-state index in [1.165, 1.54) is 0 Å². The topological polar surface area (TPSA) is 66.2 Å². The van der Waals surface area contributed by atoms with Crippen molar-refractivity contribution in [3.63, 3.8) is 0 Å². The molecular formula is C13H12N2O2. The van der Waals surface area contributed by atoms with Gasteiger partial charge in [-0.2, -0.15) is 0 Å². The summed E-state index contributed by atoms with van der Waals surface area (Å²) in [5, 5.41) is 19.8. The van der Waals surface area contributed by atoms with Crippen LogP contribution in [0.15, 0.2) is 24.5 Å². The molecule has 0 amide bonds. The second-order valence-corrected chi connectivity index (χ2v) is 4.96. The Labute approximate surface area is 98.0 Å². The largest absolute Gasteiger partial charge is 0.390 e. The number of aromatic nitrogens is 2. The Balaban J connectivity index is 1.99. The van der Waals surface area contributed by atoms with Gasteiger partial charge < -0.3 is 10.2 Å². The Kier molecular flexibility index (Phi) is 1.69. The lowest BCUT2D eigenvalue weighted by Crippen LogP contribution is -2.31. The van der Waals surface area contributed by atoms with Crippen molar-refractivity contribution < 1.29 is 10.2 Å². The maximum Gasteiger partial charge on any atom is 0.0889 e. The van der Waals surface area contributed by atoms with Crippen LogP contribution >= 0.6 is 0 Å². The summed E-state index contributed by atoms with van der Waals surface area (Å²) in [7, 11) is 0. The molecule has 4 unspecified atom stereocenters. The minimum Gasteiger partial charge on any atom is -0.390 e. The van der Waals surface area contributed by atoms with E-state index in [0.29, 0.717) is 0 Å². The molecule has 1 saturated carbocycles. The van der Waals surface area contributed by atoms with Crippen molar-refractivity contribution in [1.29, 1.82) is 0 Å². The minimum absolute atomic E-state index is 0.0661. The lowest BCUT2D eigenvalue weighted by atomic mass is 9.87. The first kappa shape index (κ1) is 9.50. The van der Waals surface area contributed by atoms with Crippen LogP contribution in [0.3, 0.4) is 0 Å². The van der Waals surface area contributed by atoms with E-state index in [1.807, 2.05) is 12.1 Å². The summed E-state index contributed by atoms with van der Waals surface area (Å²) >= 11 is 0. The van der Waals surface area contributed by atoms with E-state index >= 15 is 0 Å². The van der Waals surface area contributed by atoms with Gasteiger partial charge in [0.05, 0.1) is 23.2 Å². The first-order chi connectivity index (χ1) is 8.25. The maximum atomic E-state index is 9.92. The summed E-state index contributed by atoms with van der Waals surface area (Å²) in [6, 6.07) is 4.02. The summed E-state index contributed by atoms with van der Waals surface area (Å²) < 4.78 is 0. The molecule has 2 aromatic rings. The standard InChI is InChI=1S/C13H12N2O2/c16-12-8-3-9(13(12)17)7-5-11-10(4-6(7)8)14-1-2-15-11/h1-2,4-5,8-9,12-13,16-17H,3H2. The van der Waals surface area contributed by atoms with Crippen LogP contribution < -0.4 is 0 Å². The number of hydrogen-bond donors (Lipinski definition) is 2. The van der Waals surface area contributed by atoms with Gasteiger partial charge in [0.15, 0.2) is 0 Å². The molecule has 4 heteroatoms. The van der Waals surface area contributed by atoms with Crippen LogP contribution in [0.1, 0.15) is 29.4 Å². The number of rotatable bonds is 0. The van der Waals surface area contributed by atoms with Crippen molar-refractivity contribution in [1.82, 2.24) is 9.97 Å². The fraction of sp³-hybridized carbons (Fsp3) is 0.385. The van der Waals surface area contributed by atoms with E-state index in [0.717, 1.165) is 28.6 Å². The number of fused-ring (bicyclic) bond motifs is 6. The molecule has 2 N–H and O–H groups in total. The molecule has 2 aliphatic rings. The average molecular weight is 228 g/mol. The molecule has 86 valence electrons. The van der Waals surface area contributed by atoms with Gasteiger partial charge in [-0.15, -0.1) is 0 Å². The van der Waals surface area contributed by atoms with Crippen LogP contribution in [0, 0.1) is 0 Å². The number of aliphatic hydroxyl groups is 2. The molecule has 2 bridgehead atoms. The number of hydrogen-bond acceptors (Lipinski definition) is 4. The molecule has 4 nitrogen and oxygen atoms in total. The third kappa shape index (κ3) is 1.09. The molecule has 1 aromatic carbocycles. The number of aliphatic hydroxyl groups excluding tert-OH is 2. The SMILES string of the molecule is OC1C2CC(c3cc4nccnc4cc32)C1O. The van der Waals surface area contributed by atoms with Crippen LogP contribution in [0.25, 0.3) is 11.0 Å². The normalized spacial score (nSPS) is 34.2. The van der Waals surface area contributed by atoms with Gasteiger partial charge in [0.2, 0.25) is 0 Å². The van der Waals surface area contributed by atoms with E-state index in [9.17, 15) is 10.2 Å². The third-order valence-electron chi connectivity index (χ3n) is 4.16. The lowest BCUT2D eigenvalue weighted by Gasteiger charge is -2.25. The molecule has 0 spiro atoms. The molecule has 4 atom stereocenters. The van der Waals surface area contributed by atoms with Crippen LogP contribution in [0.2, 0.25) is 0 Å². The molecular weight excluding hydrogens is 216 g/mol. The molecule has 1 heterocycles. The summed E-state index contributed by atoms with van der Waals surface area (Å²) in [6.45, 7) is 0. The molecule has 0 radical (unpaired) electrons. The van der Waals surface area contributed by atoms with E-state index in [-0.39, 0.29) is 11.8 Å². The highest BCUT2D eigenvalue weighted by atomic mass is 16.3. The summed E-state index contributed by atoms with van der Waals surface area (Å²) in [5.41, 5.74) is 4.00. The smallest absolute Gasteiger partial charge is 0.0889 e. The summed E-state index contributed by atoms with van der Waals surface area (Å²) in [4.78, 5) is 8.56. The molecule has 1 aromatic heterocycles. The van der Waals surface area contributed by atoms with Crippen LogP contribution in [0.4, 0.5) is 0 Å². The van der Waals surface area contributed by atoms with Crippen molar-refractivity contribution in [3.8, 4) is 0 Å². The predicted molar refractivity (Wildman–Crippen MR) is 61.7 cm³/mol. The van der Waals surface area contributed by atoms with Gasteiger partial charge in [-0.3, -0.25) is 9.97 Å². The van der Waals surface area contributed by atoms with Crippen molar-refractivity contribution in [2.24, 2.45) is 0 Å². The second kappa shape index (κ2) is 3.03. The fourth-order valence-corrected chi connectivity index (χ4v) is 3.34. The summed E-state index contributed by atoms with van der Waals surface area (Å²) in [5.74, 6) is 0.132. The Bertz CT molecular complexity index is 561. The van der Waals surface area contributed by atoms with Crippen LogP contribution in [0.5, 0.6) is 0 Å². The van der Waals surface area contributed by atoms with E-state index in [1.54, 1.807) is 12.4 Å². The van der Waals surface area contributed by atoms with Crippen molar-refractivity contribution in [2.75, 3.05) is 0 Å². The highest BCUT2D eigenvalue weighted by Crippen LogP contribution is 2.53. The predicted octanol–water partition coefficient (Wildman–Crippen LogP) is 0.936. The first-order valence-corrected chi connectivity index (χ1v) is 5.86. The maximum absolute atomic E-state index is 9.92. The highest BCUT2D eigenvalue weighted by molar-refractivity contribution is 5.77. The summed E-state index contributed by atoms with van der Waals surface area (Å²) in [6.07, 6.45) is 2.94. The zero-order valence-corrected chi connectivity index (χ0v) is 9.11. The number of benzene rings is 1. The highest BCUT2D eigenvalue weighted by Gasteiger charge is 2.49. The van der Waals surface area contributed by atoms with Gasteiger partial charge in [-0.05, 0) is 29.7 Å². The second-order valence-electron chi connectivity index (χ2n) is 4.96. The van der Waals surface area contributed by atoms with Crippen molar-refractivity contribution in [3.05, 3.63) is 35.7 Å². The molecule has 2 aliphatic carbocycles. The minimum atomic E-state index is -0.623. The van der Waals surface area contributed by atoms with Crippen LogP contribution in [-0.2, 0) is 0 Å². The Morgan fingerprint density at radius 2 is 1.35 bits per heavy atom. The molecule has 0 saturated heterocycles. The van der Waals surface area contributed by atoms with Crippen molar-refractivity contribution >= 4 is 11.0 Å². The van der Waals surface area contributed by atoms with Crippen molar-refractivity contribution in [2.45, 2.75) is 30.5 Å². The first-order valence-electron chi connectivity index (χ1n) is 5.86. The Morgan fingerprint density at radius 1 is 0.882 bits per heavy atom. The van der Waals surface area contributed by atoms with E-state index in [4.69, 9.17) is 0 Å². The quantitative estimate of drug-likeness (QED) is 0.704. The monoisotopic (exact) mass is 228 g/mol. The molecule has 4 rings (SSSR count). The van der Waals surface area contributed by atoms with Gasteiger partial charge in [-0.25, -0.2) is 0 Å². The third-order valence-corrected chi connectivity index (χ3v) is 4.16. The average Bonchev–Trinajstić information content (AvgIpc) is 2.85. The van der Waals surface area contributed by atoms with Gasteiger partial charge in [0.25, 0.3) is 0 Å². The molecule has 17 heavy (non-hydrogen) atoms. The van der Waals surface area contributed by atoms with Crippen LogP contribution in [-0.4, -0.2) is 32.4 Å². The van der Waals surface area contributed by atoms with Gasteiger partial charge in [0, 0.05) is 24.2 Å².